The average Bonchev–Trinajstić information content (AvgIpc) is 2.90. The van der Waals surface area contributed by atoms with Crippen LogP contribution in [0.4, 0.5) is 0 Å². The summed E-state index contributed by atoms with van der Waals surface area (Å²) in [6, 6.07) is 9.90. The Morgan fingerprint density at radius 2 is 2.12 bits per heavy atom. The number of aromatic nitrogens is 2. The second-order valence-corrected chi connectivity index (χ2v) is 4.72. The van der Waals surface area contributed by atoms with Gasteiger partial charge < -0.3 is 5.11 Å². The first-order valence-electron chi connectivity index (χ1n) is 5.42. The van der Waals surface area contributed by atoms with Crippen LogP contribution in [0.1, 0.15) is 18.2 Å². The topological polar surface area (TPSA) is 58.0 Å². The largest absolute Gasteiger partial charge is 0.394 e. The van der Waals surface area contributed by atoms with Crippen molar-refractivity contribution in [3.8, 4) is 0 Å². The maximum atomic E-state index is 9.57. The Morgan fingerprint density at radius 3 is 2.71 bits per heavy atom. The van der Waals surface area contributed by atoms with Crippen LogP contribution in [0.25, 0.3) is 0 Å². The van der Waals surface area contributed by atoms with Gasteiger partial charge in [-0.2, -0.15) is 0 Å². The summed E-state index contributed by atoms with van der Waals surface area (Å²) < 4.78 is 3.81. The summed E-state index contributed by atoms with van der Waals surface area (Å²) in [4.78, 5) is 0. The molecule has 0 aliphatic heterocycles. The molecule has 1 heterocycles. The molecule has 1 aromatic heterocycles. The first-order valence-corrected chi connectivity index (χ1v) is 6.25. The predicted molar refractivity (Wildman–Crippen MR) is 67.6 cm³/mol. The molecule has 0 amide bonds. The van der Waals surface area contributed by atoms with Crippen molar-refractivity contribution < 1.29 is 5.11 Å². The number of nitrogens with zero attached hydrogens (tertiary/aromatic N) is 2. The van der Waals surface area contributed by atoms with Gasteiger partial charge in [0.05, 0.1) is 17.8 Å². The maximum absolute atomic E-state index is 9.57. The van der Waals surface area contributed by atoms with Gasteiger partial charge in [0, 0.05) is 11.9 Å². The van der Waals surface area contributed by atoms with Gasteiger partial charge in [-0.05, 0) is 24.0 Å². The van der Waals surface area contributed by atoms with Crippen LogP contribution in [-0.2, 0) is 12.1 Å². The summed E-state index contributed by atoms with van der Waals surface area (Å²) in [5, 5.41) is 18.8. The minimum atomic E-state index is -0.453. The van der Waals surface area contributed by atoms with Crippen LogP contribution < -0.4 is 5.32 Å². The molecule has 0 fully saturated rings. The van der Waals surface area contributed by atoms with E-state index in [2.05, 4.69) is 14.9 Å². The van der Waals surface area contributed by atoms with Gasteiger partial charge in [0.15, 0.2) is 0 Å². The number of aliphatic hydroxyl groups is 1. The van der Waals surface area contributed by atoms with Crippen molar-refractivity contribution in [1.82, 2.24) is 14.9 Å². The molecule has 0 aliphatic rings. The second-order valence-electron chi connectivity index (χ2n) is 4.11. The molecule has 0 aliphatic carbocycles. The Bertz CT molecular complexity index is 446. The lowest BCUT2D eigenvalue weighted by atomic mass is 9.93. The fraction of sp³-hybridized carbons (Fsp3) is 0.333. The number of rotatable bonds is 5. The lowest BCUT2D eigenvalue weighted by Gasteiger charge is -2.29. The van der Waals surface area contributed by atoms with Crippen LogP contribution in [0.15, 0.2) is 35.7 Å². The SMILES string of the molecule is CC(CO)(NCc1csnn1)c1ccccc1. The lowest BCUT2D eigenvalue weighted by Crippen LogP contribution is -2.42. The zero-order valence-corrected chi connectivity index (χ0v) is 10.4. The number of hydrogen-bond acceptors (Lipinski definition) is 5. The van der Waals surface area contributed by atoms with Crippen LogP contribution in [0.5, 0.6) is 0 Å². The third kappa shape index (κ3) is 2.88. The Morgan fingerprint density at radius 1 is 1.35 bits per heavy atom. The summed E-state index contributed by atoms with van der Waals surface area (Å²) in [5.74, 6) is 0. The van der Waals surface area contributed by atoms with Crippen molar-refractivity contribution in [3.63, 3.8) is 0 Å². The monoisotopic (exact) mass is 249 g/mol. The number of nitrogens with one attached hydrogen (secondary N) is 1. The first-order chi connectivity index (χ1) is 8.24. The van der Waals surface area contributed by atoms with E-state index in [1.54, 1.807) is 0 Å². The Labute approximate surface area is 104 Å². The zero-order valence-electron chi connectivity index (χ0n) is 9.63. The highest BCUT2D eigenvalue weighted by Gasteiger charge is 2.24. The van der Waals surface area contributed by atoms with Crippen LogP contribution >= 0.6 is 11.5 Å². The Balaban J connectivity index is 2.09. The van der Waals surface area contributed by atoms with E-state index in [0.717, 1.165) is 11.3 Å². The van der Waals surface area contributed by atoms with Crippen LogP contribution in [0, 0.1) is 0 Å². The van der Waals surface area contributed by atoms with Crippen molar-refractivity contribution >= 4 is 11.5 Å². The molecule has 90 valence electrons. The predicted octanol–water partition coefficient (Wildman–Crippen LogP) is 1.54. The molecular formula is C12H15N3OS. The van der Waals surface area contributed by atoms with Gasteiger partial charge in [0.25, 0.3) is 0 Å². The van der Waals surface area contributed by atoms with E-state index in [-0.39, 0.29) is 6.61 Å². The molecule has 2 N–H and O–H groups in total. The molecule has 1 aromatic carbocycles. The summed E-state index contributed by atoms with van der Waals surface area (Å²) >= 11 is 1.33. The van der Waals surface area contributed by atoms with Gasteiger partial charge in [0.2, 0.25) is 0 Å². The fourth-order valence-electron chi connectivity index (χ4n) is 1.60. The van der Waals surface area contributed by atoms with Crippen molar-refractivity contribution in [2.75, 3.05) is 6.61 Å². The number of benzene rings is 1. The van der Waals surface area contributed by atoms with Crippen molar-refractivity contribution in [2.45, 2.75) is 19.0 Å². The van der Waals surface area contributed by atoms with Gasteiger partial charge in [-0.15, -0.1) is 5.10 Å². The molecule has 5 heteroatoms. The van der Waals surface area contributed by atoms with Gasteiger partial charge in [0.1, 0.15) is 0 Å². The molecule has 0 radical (unpaired) electrons. The van der Waals surface area contributed by atoms with Crippen molar-refractivity contribution in [2.24, 2.45) is 0 Å². The normalized spacial score (nSPS) is 14.5. The minimum absolute atomic E-state index is 0.0363. The first kappa shape index (κ1) is 12.2. The highest BCUT2D eigenvalue weighted by Crippen LogP contribution is 2.20. The standard InChI is InChI=1S/C12H15N3OS/c1-12(9-16,10-5-3-2-4-6-10)13-7-11-8-17-15-14-11/h2-6,8,13,16H,7,9H2,1H3. The van der Waals surface area contributed by atoms with E-state index in [4.69, 9.17) is 0 Å². The van der Waals surface area contributed by atoms with E-state index < -0.39 is 5.54 Å². The molecule has 0 saturated heterocycles. The van der Waals surface area contributed by atoms with E-state index >= 15 is 0 Å². The molecule has 1 unspecified atom stereocenters. The quantitative estimate of drug-likeness (QED) is 0.844. The van der Waals surface area contributed by atoms with E-state index in [0.29, 0.717) is 6.54 Å². The van der Waals surface area contributed by atoms with E-state index in [1.165, 1.54) is 11.5 Å². The fourth-order valence-corrected chi connectivity index (χ4v) is 2.05. The van der Waals surface area contributed by atoms with Gasteiger partial charge in [-0.25, -0.2) is 0 Å². The molecule has 1 atom stereocenters. The highest BCUT2D eigenvalue weighted by molar-refractivity contribution is 7.03. The third-order valence-electron chi connectivity index (χ3n) is 2.79. The van der Waals surface area contributed by atoms with E-state index in [9.17, 15) is 5.11 Å². The van der Waals surface area contributed by atoms with Crippen molar-refractivity contribution in [3.05, 3.63) is 47.0 Å². The summed E-state index contributed by atoms with van der Waals surface area (Å²) in [7, 11) is 0. The van der Waals surface area contributed by atoms with Gasteiger partial charge in [-0.3, -0.25) is 5.32 Å². The van der Waals surface area contributed by atoms with E-state index in [1.807, 2.05) is 42.6 Å². The molecule has 2 aromatic rings. The Hall–Kier alpha value is -1.30. The molecule has 0 bridgehead atoms. The minimum Gasteiger partial charge on any atom is -0.394 e. The number of aliphatic hydroxyl groups excluding tert-OH is 1. The van der Waals surface area contributed by atoms with Gasteiger partial charge in [-0.1, -0.05) is 34.8 Å². The molecule has 17 heavy (non-hydrogen) atoms. The second kappa shape index (κ2) is 5.35. The van der Waals surface area contributed by atoms with Crippen LogP contribution in [0.3, 0.4) is 0 Å². The Kier molecular flexibility index (Phi) is 3.83. The van der Waals surface area contributed by atoms with Gasteiger partial charge >= 0.3 is 0 Å². The summed E-state index contributed by atoms with van der Waals surface area (Å²) in [5.41, 5.74) is 1.50. The molecule has 0 spiro atoms. The van der Waals surface area contributed by atoms with Crippen LogP contribution in [-0.4, -0.2) is 21.3 Å². The van der Waals surface area contributed by atoms with Crippen molar-refractivity contribution in [1.29, 1.82) is 0 Å². The molecule has 2 rings (SSSR count). The summed E-state index contributed by atoms with van der Waals surface area (Å²) in [6.45, 7) is 2.61. The molecule has 4 nitrogen and oxygen atoms in total. The number of hydrogen-bond donors (Lipinski definition) is 2. The average molecular weight is 249 g/mol. The zero-order chi connectivity index (χ0) is 12.1. The molecule has 0 saturated carbocycles. The van der Waals surface area contributed by atoms with Crippen LogP contribution in [0.2, 0.25) is 0 Å². The summed E-state index contributed by atoms with van der Waals surface area (Å²) in [6.07, 6.45) is 0. The molecular weight excluding hydrogens is 234 g/mol. The lowest BCUT2D eigenvalue weighted by molar-refractivity contribution is 0.173. The third-order valence-corrected chi connectivity index (χ3v) is 3.35. The smallest absolute Gasteiger partial charge is 0.0893 e. The highest BCUT2D eigenvalue weighted by atomic mass is 32.1. The maximum Gasteiger partial charge on any atom is 0.0893 e.